The Kier molecular flexibility index (Phi) is 6.12. The van der Waals surface area contributed by atoms with Crippen molar-refractivity contribution in [3.05, 3.63) is 58.6 Å². The maximum absolute atomic E-state index is 13.0. The number of hydrogen-bond acceptors (Lipinski definition) is 5. The number of fused-ring (bicyclic) bond motifs is 1. The quantitative estimate of drug-likeness (QED) is 0.613. The molecule has 1 amide bonds. The molecule has 0 radical (unpaired) electrons. The van der Waals surface area contributed by atoms with Gasteiger partial charge in [-0.2, -0.15) is 4.31 Å². The highest BCUT2D eigenvalue weighted by molar-refractivity contribution is 9.10. The summed E-state index contributed by atoms with van der Waals surface area (Å²) in [5, 5.41) is 0. The lowest BCUT2D eigenvalue weighted by molar-refractivity contribution is -0.127. The highest BCUT2D eigenvalue weighted by atomic mass is 79.9. The van der Waals surface area contributed by atoms with Crippen LogP contribution in [-0.2, 0) is 14.8 Å². The lowest BCUT2D eigenvalue weighted by Gasteiger charge is -2.33. The molecule has 4 rings (SSSR count). The van der Waals surface area contributed by atoms with Crippen LogP contribution in [0.25, 0.3) is 6.08 Å². The minimum Gasteiger partial charge on any atom is -0.486 e. The van der Waals surface area contributed by atoms with E-state index in [-0.39, 0.29) is 23.9 Å². The first-order valence-electron chi connectivity index (χ1n) is 9.56. The predicted molar refractivity (Wildman–Crippen MR) is 116 cm³/mol. The van der Waals surface area contributed by atoms with Crippen LogP contribution in [-0.4, -0.2) is 62.9 Å². The molecule has 0 aromatic heterocycles. The SMILES string of the molecule is O=C(/C=C/c1cccc(Br)c1)N1CCN(S(=O)(=O)c2ccc3c(c2)OCCO3)CC1. The van der Waals surface area contributed by atoms with Crippen LogP contribution in [0, 0.1) is 0 Å². The second-order valence-electron chi connectivity index (χ2n) is 6.92. The number of halogens is 1. The maximum Gasteiger partial charge on any atom is 0.246 e. The molecule has 0 N–H and O–H groups in total. The molecule has 0 unspecified atom stereocenters. The summed E-state index contributed by atoms with van der Waals surface area (Å²) in [6.07, 6.45) is 3.28. The minimum atomic E-state index is -3.67. The monoisotopic (exact) mass is 492 g/mol. The summed E-state index contributed by atoms with van der Waals surface area (Å²) in [5.41, 5.74) is 0.914. The average molecular weight is 493 g/mol. The molecule has 2 aliphatic heterocycles. The van der Waals surface area contributed by atoms with E-state index in [1.165, 1.54) is 22.5 Å². The highest BCUT2D eigenvalue weighted by Crippen LogP contribution is 2.33. The van der Waals surface area contributed by atoms with Gasteiger partial charge in [-0.1, -0.05) is 28.1 Å². The number of carbonyl (C=O) groups is 1. The third-order valence-electron chi connectivity index (χ3n) is 4.97. The van der Waals surface area contributed by atoms with E-state index in [0.29, 0.717) is 37.8 Å². The van der Waals surface area contributed by atoms with Gasteiger partial charge in [-0.15, -0.1) is 0 Å². The van der Waals surface area contributed by atoms with E-state index in [2.05, 4.69) is 15.9 Å². The molecule has 1 fully saturated rings. The molecule has 9 heteroatoms. The number of amides is 1. The van der Waals surface area contributed by atoms with Crippen LogP contribution in [0.5, 0.6) is 11.5 Å². The molecular formula is C21H21BrN2O5S. The summed E-state index contributed by atoms with van der Waals surface area (Å²) in [7, 11) is -3.67. The van der Waals surface area contributed by atoms with Gasteiger partial charge in [-0.25, -0.2) is 8.42 Å². The van der Waals surface area contributed by atoms with Crippen molar-refractivity contribution in [2.45, 2.75) is 4.90 Å². The van der Waals surface area contributed by atoms with Gasteiger partial charge in [0.15, 0.2) is 11.5 Å². The van der Waals surface area contributed by atoms with E-state index in [9.17, 15) is 13.2 Å². The average Bonchev–Trinajstić information content (AvgIpc) is 2.77. The van der Waals surface area contributed by atoms with Gasteiger partial charge in [0, 0.05) is 42.8 Å². The van der Waals surface area contributed by atoms with Gasteiger partial charge in [-0.05, 0) is 35.9 Å². The molecule has 2 heterocycles. The summed E-state index contributed by atoms with van der Waals surface area (Å²) in [5.74, 6) is 0.855. The van der Waals surface area contributed by atoms with Gasteiger partial charge < -0.3 is 14.4 Å². The van der Waals surface area contributed by atoms with Gasteiger partial charge in [0.25, 0.3) is 0 Å². The normalized spacial score (nSPS) is 17.3. The highest BCUT2D eigenvalue weighted by Gasteiger charge is 2.30. The number of benzene rings is 2. The number of piperazine rings is 1. The molecule has 1 saturated heterocycles. The molecule has 2 aliphatic rings. The fourth-order valence-corrected chi connectivity index (χ4v) is 5.22. The topological polar surface area (TPSA) is 76.2 Å². The van der Waals surface area contributed by atoms with Crippen molar-refractivity contribution in [2.24, 2.45) is 0 Å². The van der Waals surface area contributed by atoms with Gasteiger partial charge >= 0.3 is 0 Å². The van der Waals surface area contributed by atoms with Crippen molar-refractivity contribution in [2.75, 3.05) is 39.4 Å². The summed E-state index contributed by atoms with van der Waals surface area (Å²) >= 11 is 3.40. The number of hydrogen-bond donors (Lipinski definition) is 0. The predicted octanol–water partition coefficient (Wildman–Crippen LogP) is 2.77. The van der Waals surface area contributed by atoms with Crippen molar-refractivity contribution >= 4 is 37.9 Å². The van der Waals surface area contributed by atoms with Gasteiger partial charge in [0.05, 0.1) is 4.90 Å². The fraction of sp³-hybridized carbons (Fsp3) is 0.286. The molecule has 158 valence electrons. The van der Waals surface area contributed by atoms with Gasteiger partial charge in [0.2, 0.25) is 15.9 Å². The number of rotatable bonds is 4. The molecule has 2 aromatic carbocycles. The van der Waals surface area contributed by atoms with Crippen molar-refractivity contribution in [1.82, 2.24) is 9.21 Å². The Bertz CT molecular complexity index is 1080. The van der Waals surface area contributed by atoms with E-state index >= 15 is 0 Å². The Morgan fingerprint density at radius 3 is 2.43 bits per heavy atom. The van der Waals surface area contributed by atoms with E-state index in [0.717, 1.165) is 10.0 Å². The van der Waals surface area contributed by atoms with Gasteiger partial charge in [-0.3, -0.25) is 4.79 Å². The van der Waals surface area contributed by atoms with Crippen LogP contribution in [0.3, 0.4) is 0 Å². The summed E-state index contributed by atoms with van der Waals surface area (Å²) in [4.78, 5) is 14.3. The molecule has 0 atom stereocenters. The second-order valence-corrected chi connectivity index (χ2v) is 9.78. The van der Waals surface area contributed by atoms with E-state index in [1.54, 1.807) is 17.0 Å². The Balaban J connectivity index is 1.39. The molecule has 7 nitrogen and oxygen atoms in total. The minimum absolute atomic E-state index is 0.133. The molecule has 0 saturated carbocycles. The molecule has 0 aliphatic carbocycles. The second kappa shape index (κ2) is 8.79. The maximum atomic E-state index is 13.0. The Hall–Kier alpha value is -2.36. The number of ether oxygens (including phenoxy) is 2. The van der Waals surface area contributed by atoms with Crippen LogP contribution >= 0.6 is 15.9 Å². The lowest BCUT2D eigenvalue weighted by Crippen LogP contribution is -2.50. The molecule has 0 spiro atoms. The molecule has 0 bridgehead atoms. The largest absolute Gasteiger partial charge is 0.486 e. The van der Waals surface area contributed by atoms with Crippen LogP contribution in [0.1, 0.15) is 5.56 Å². The van der Waals surface area contributed by atoms with Crippen molar-refractivity contribution in [1.29, 1.82) is 0 Å². The molecule has 2 aromatic rings. The zero-order valence-corrected chi connectivity index (χ0v) is 18.6. The van der Waals surface area contributed by atoms with E-state index in [1.807, 2.05) is 24.3 Å². The van der Waals surface area contributed by atoms with Crippen LogP contribution in [0.15, 0.2) is 57.9 Å². The summed E-state index contributed by atoms with van der Waals surface area (Å²) in [6, 6.07) is 12.3. The number of nitrogens with zero attached hydrogens (tertiary/aromatic N) is 2. The third kappa shape index (κ3) is 4.53. The first-order chi connectivity index (χ1) is 14.4. The van der Waals surface area contributed by atoms with Crippen molar-refractivity contribution < 1.29 is 22.7 Å². The first-order valence-corrected chi connectivity index (χ1v) is 11.8. The first kappa shape index (κ1) is 20.9. The summed E-state index contributed by atoms with van der Waals surface area (Å²) < 4.78 is 39.3. The molecular weight excluding hydrogens is 472 g/mol. The number of sulfonamides is 1. The zero-order chi connectivity index (χ0) is 21.1. The third-order valence-corrected chi connectivity index (χ3v) is 7.36. The van der Waals surface area contributed by atoms with E-state index < -0.39 is 10.0 Å². The van der Waals surface area contributed by atoms with Gasteiger partial charge in [0.1, 0.15) is 13.2 Å². The summed E-state index contributed by atoms with van der Waals surface area (Å²) in [6.45, 7) is 2.01. The Labute approximate surface area is 184 Å². The van der Waals surface area contributed by atoms with Crippen molar-refractivity contribution in [3.8, 4) is 11.5 Å². The zero-order valence-electron chi connectivity index (χ0n) is 16.2. The smallest absolute Gasteiger partial charge is 0.246 e. The van der Waals surface area contributed by atoms with E-state index in [4.69, 9.17) is 9.47 Å². The standard InChI is InChI=1S/C21H21BrN2O5S/c22-17-3-1-2-16(14-17)4-7-21(25)23-8-10-24(11-9-23)30(26,27)18-5-6-19-20(15-18)29-13-12-28-19/h1-7,14-15H,8-13H2/b7-4+. The Morgan fingerprint density at radius 1 is 0.967 bits per heavy atom. The van der Waals surface area contributed by atoms with Crippen LogP contribution in [0.4, 0.5) is 0 Å². The van der Waals surface area contributed by atoms with Crippen molar-refractivity contribution in [3.63, 3.8) is 0 Å². The lowest BCUT2D eigenvalue weighted by atomic mass is 10.2. The van der Waals surface area contributed by atoms with Crippen LogP contribution < -0.4 is 9.47 Å². The molecule has 30 heavy (non-hydrogen) atoms. The Morgan fingerprint density at radius 2 is 1.70 bits per heavy atom. The van der Waals surface area contributed by atoms with Crippen LogP contribution in [0.2, 0.25) is 0 Å². The number of carbonyl (C=O) groups excluding carboxylic acids is 1. The fourth-order valence-electron chi connectivity index (χ4n) is 3.37.